The lowest BCUT2D eigenvalue weighted by Gasteiger charge is -1.93. The number of aromatic hydroxyl groups is 1. The van der Waals surface area contributed by atoms with E-state index in [9.17, 15) is 0 Å². The van der Waals surface area contributed by atoms with Crippen molar-refractivity contribution < 1.29 is 5.11 Å². The molecule has 2 rings (SSSR count). The third-order valence-electron chi connectivity index (χ3n) is 2.22. The number of anilines is 1. The molecule has 0 aromatic heterocycles. The number of para-hydroxylation sites is 1. The Morgan fingerprint density at radius 2 is 1.44 bits per heavy atom. The first kappa shape index (κ1) is 12.1. The molecule has 2 heteroatoms. The van der Waals surface area contributed by atoms with Crippen molar-refractivity contribution >= 4 is 5.69 Å². The minimum atomic E-state index is 0.329. The predicted octanol–water partition coefficient (Wildman–Crippen LogP) is 3.28. The smallest absolute Gasteiger partial charge is 0.115 e. The Morgan fingerprint density at radius 3 is 1.81 bits per heavy atom. The zero-order chi connectivity index (χ0) is 12.0. The normalized spacial score (nSPS) is 9.12. The van der Waals surface area contributed by atoms with E-state index in [1.807, 2.05) is 50.2 Å². The summed E-state index contributed by atoms with van der Waals surface area (Å²) in [5, 5.41) is 8.76. The van der Waals surface area contributed by atoms with Crippen LogP contribution >= 0.6 is 0 Å². The summed E-state index contributed by atoms with van der Waals surface area (Å²) in [6, 6.07) is 14.9. The fourth-order valence-corrected chi connectivity index (χ4v) is 1.13. The number of hydrogen-bond donors (Lipinski definition) is 2. The summed E-state index contributed by atoms with van der Waals surface area (Å²) < 4.78 is 0. The van der Waals surface area contributed by atoms with E-state index in [1.54, 1.807) is 12.1 Å². The van der Waals surface area contributed by atoms with Crippen LogP contribution in [-0.2, 0) is 0 Å². The fourth-order valence-electron chi connectivity index (χ4n) is 1.13. The number of phenols is 1. The predicted molar refractivity (Wildman–Crippen MR) is 68.4 cm³/mol. The molecule has 0 unspecified atom stereocenters. The molecule has 0 bridgehead atoms. The van der Waals surface area contributed by atoms with Gasteiger partial charge >= 0.3 is 0 Å². The van der Waals surface area contributed by atoms with Crippen LogP contribution in [0.15, 0.2) is 48.5 Å². The van der Waals surface area contributed by atoms with E-state index in [0.717, 1.165) is 11.3 Å². The number of hydrogen-bond acceptors (Lipinski definition) is 2. The Morgan fingerprint density at radius 1 is 0.875 bits per heavy atom. The van der Waals surface area contributed by atoms with Gasteiger partial charge in [0.15, 0.2) is 0 Å². The summed E-state index contributed by atoms with van der Waals surface area (Å²) in [7, 11) is 0. The van der Waals surface area contributed by atoms with Crippen LogP contribution in [0.5, 0.6) is 5.75 Å². The van der Waals surface area contributed by atoms with Crippen LogP contribution in [0.4, 0.5) is 5.69 Å². The zero-order valence-corrected chi connectivity index (χ0v) is 9.64. The summed E-state index contributed by atoms with van der Waals surface area (Å²) in [5.74, 6) is 0.329. The fraction of sp³-hybridized carbons (Fsp3) is 0.143. The topological polar surface area (TPSA) is 46.2 Å². The van der Waals surface area contributed by atoms with Crippen molar-refractivity contribution in [1.29, 1.82) is 0 Å². The van der Waals surface area contributed by atoms with Gasteiger partial charge in [-0.3, -0.25) is 0 Å². The van der Waals surface area contributed by atoms with Gasteiger partial charge < -0.3 is 10.8 Å². The van der Waals surface area contributed by atoms with E-state index >= 15 is 0 Å². The molecular weight excluding hydrogens is 198 g/mol. The highest BCUT2D eigenvalue weighted by Gasteiger charge is 1.84. The molecule has 0 heterocycles. The molecule has 2 aromatic rings. The molecule has 0 atom stereocenters. The van der Waals surface area contributed by atoms with Crippen LogP contribution in [0.2, 0.25) is 0 Å². The van der Waals surface area contributed by atoms with Gasteiger partial charge in [0.2, 0.25) is 0 Å². The van der Waals surface area contributed by atoms with Crippen molar-refractivity contribution in [1.82, 2.24) is 0 Å². The van der Waals surface area contributed by atoms with Crippen molar-refractivity contribution in [3.63, 3.8) is 0 Å². The van der Waals surface area contributed by atoms with E-state index in [-0.39, 0.29) is 0 Å². The lowest BCUT2D eigenvalue weighted by molar-refractivity contribution is 0.475. The standard InChI is InChI=1S/C7H9N.C7H8O/c1-6-4-2-3-5-7(6)8;1-6-2-4-7(8)5-3-6/h2-5H,8H2,1H3;2-5,8H,1H3. The first-order chi connectivity index (χ1) is 7.59. The van der Waals surface area contributed by atoms with Crippen molar-refractivity contribution in [2.24, 2.45) is 0 Å². The second kappa shape index (κ2) is 5.81. The lowest BCUT2D eigenvalue weighted by atomic mass is 10.2. The summed E-state index contributed by atoms with van der Waals surface area (Å²) >= 11 is 0. The molecule has 0 aliphatic rings. The monoisotopic (exact) mass is 215 g/mol. The quantitative estimate of drug-likeness (QED) is 0.662. The van der Waals surface area contributed by atoms with Crippen LogP contribution < -0.4 is 5.73 Å². The molecule has 0 saturated carbocycles. The summed E-state index contributed by atoms with van der Waals surface area (Å²) in [5.41, 5.74) is 8.70. The largest absolute Gasteiger partial charge is 0.508 e. The number of phenolic OH excluding ortho intramolecular Hbond substituents is 1. The minimum absolute atomic E-state index is 0.329. The van der Waals surface area contributed by atoms with Gasteiger partial charge in [0, 0.05) is 5.69 Å². The van der Waals surface area contributed by atoms with Crippen LogP contribution in [0.25, 0.3) is 0 Å². The van der Waals surface area contributed by atoms with Crippen LogP contribution in [-0.4, -0.2) is 5.11 Å². The molecule has 0 saturated heterocycles. The third-order valence-corrected chi connectivity index (χ3v) is 2.22. The summed E-state index contributed by atoms with van der Waals surface area (Å²) in [4.78, 5) is 0. The number of rotatable bonds is 0. The lowest BCUT2D eigenvalue weighted by Crippen LogP contribution is -1.85. The van der Waals surface area contributed by atoms with E-state index in [2.05, 4.69) is 0 Å². The number of nitrogen functional groups attached to an aromatic ring is 1. The van der Waals surface area contributed by atoms with Gasteiger partial charge in [0.1, 0.15) is 5.75 Å². The molecule has 84 valence electrons. The van der Waals surface area contributed by atoms with Gasteiger partial charge in [-0.2, -0.15) is 0 Å². The minimum Gasteiger partial charge on any atom is -0.508 e. The van der Waals surface area contributed by atoms with Gasteiger partial charge in [-0.05, 0) is 37.6 Å². The molecule has 0 amide bonds. The SMILES string of the molecule is Cc1ccc(O)cc1.Cc1ccccc1N. The molecule has 0 aliphatic carbocycles. The highest BCUT2D eigenvalue weighted by molar-refractivity contribution is 5.44. The Hall–Kier alpha value is -1.96. The first-order valence-corrected chi connectivity index (χ1v) is 5.16. The second-order valence-electron chi connectivity index (χ2n) is 3.69. The van der Waals surface area contributed by atoms with Crippen molar-refractivity contribution in [3.8, 4) is 5.75 Å². The van der Waals surface area contributed by atoms with E-state index in [1.165, 1.54) is 5.56 Å². The molecule has 0 aliphatic heterocycles. The average molecular weight is 215 g/mol. The van der Waals surface area contributed by atoms with Crippen LogP contribution in [0.1, 0.15) is 11.1 Å². The molecule has 2 nitrogen and oxygen atoms in total. The zero-order valence-electron chi connectivity index (χ0n) is 9.64. The summed E-state index contributed by atoms with van der Waals surface area (Å²) in [6.45, 7) is 3.98. The van der Waals surface area contributed by atoms with Gasteiger partial charge in [0.05, 0.1) is 0 Å². The molecule has 0 fully saturated rings. The Kier molecular flexibility index (Phi) is 4.40. The Labute approximate surface area is 96.4 Å². The maximum Gasteiger partial charge on any atom is 0.115 e. The highest BCUT2D eigenvalue weighted by Crippen LogP contribution is 2.07. The van der Waals surface area contributed by atoms with Gasteiger partial charge in [-0.15, -0.1) is 0 Å². The maximum atomic E-state index is 8.76. The molecule has 0 spiro atoms. The van der Waals surface area contributed by atoms with Crippen molar-refractivity contribution in [3.05, 3.63) is 59.7 Å². The van der Waals surface area contributed by atoms with E-state index in [4.69, 9.17) is 10.8 Å². The first-order valence-electron chi connectivity index (χ1n) is 5.16. The highest BCUT2D eigenvalue weighted by atomic mass is 16.3. The van der Waals surface area contributed by atoms with E-state index in [0.29, 0.717) is 5.75 Å². The molecule has 16 heavy (non-hydrogen) atoms. The number of benzene rings is 2. The molecule has 3 N–H and O–H groups in total. The Bertz CT molecular complexity index is 393. The Balaban J connectivity index is 0.000000160. The van der Waals surface area contributed by atoms with Gasteiger partial charge in [0.25, 0.3) is 0 Å². The molecule has 2 aromatic carbocycles. The molecular formula is C14H17NO. The van der Waals surface area contributed by atoms with Crippen molar-refractivity contribution in [2.75, 3.05) is 5.73 Å². The van der Waals surface area contributed by atoms with Gasteiger partial charge in [-0.25, -0.2) is 0 Å². The molecule has 0 radical (unpaired) electrons. The third kappa shape index (κ3) is 4.05. The van der Waals surface area contributed by atoms with Crippen molar-refractivity contribution in [2.45, 2.75) is 13.8 Å². The number of aryl methyl sites for hydroxylation is 2. The van der Waals surface area contributed by atoms with Crippen LogP contribution in [0.3, 0.4) is 0 Å². The summed E-state index contributed by atoms with van der Waals surface area (Å²) in [6.07, 6.45) is 0. The van der Waals surface area contributed by atoms with E-state index < -0.39 is 0 Å². The maximum absolute atomic E-state index is 8.76. The van der Waals surface area contributed by atoms with Gasteiger partial charge in [-0.1, -0.05) is 35.9 Å². The van der Waals surface area contributed by atoms with Crippen LogP contribution in [0, 0.1) is 13.8 Å². The average Bonchev–Trinajstić information content (AvgIpc) is 2.28. The number of nitrogens with two attached hydrogens (primary N) is 1. The second-order valence-corrected chi connectivity index (χ2v) is 3.69.